The van der Waals surface area contributed by atoms with Gasteiger partial charge in [0, 0.05) is 87.6 Å². The third kappa shape index (κ3) is 8.30. The maximum atomic E-state index is 13.5. The fourth-order valence-electron chi connectivity index (χ4n) is 5.10. The highest BCUT2D eigenvalue weighted by atomic mass is 32.2. The van der Waals surface area contributed by atoms with Crippen LogP contribution in [0, 0.1) is 5.82 Å². The van der Waals surface area contributed by atoms with Crippen LogP contribution in [0.15, 0.2) is 77.1 Å². The average Bonchev–Trinajstić information content (AvgIpc) is 3.42. The molecule has 1 unspecified atom stereocenters. The number of nitrogens with zero attached hydrogens (tertiary/aromatic N) is 6. The molecule has 0 spiro atoms. The average molecular weight is 643 g/mol. The Balaban J connectivity index is 1.20. The van der Waals surface area contributed by atoms with Crippen molar-refractivity contribution in [2.75, 3.05) is 31.1 Å². The van der Waals surface area contributed by atoms with E-state index in [2.05, 4.69) is 15.0 Å². The number of alkyl halides is 2. The standard InChI is InChI=1S/C31H34F3N6O2PS/c1-37-19-23(18-35-37)17-24-20-40(30(36-29(24)42)44-21-22-4-8-26(32)9-5-22)12-2-3-28(41)39-15-13-38(14-16-39)27-10-6-25(7-11-27)31(33,34)43/h4-11,18-20H,2-3,12-17,21,43H2,1H3. The van der Waals surface area contributed by atoms with Crippen molar-refractivity contribution in [3.8, 4) is 0 Å². The van der Waals surface area contributed by atoms with E-state index in [1.165, 1.54) is 36.0 Å². The summed E-state index contributed by atoms with van der Waals surface area (Å²) >= 11 is 1.40. The molecule has 0 radical (unpaired) electrons. The van der Waals surface area contributed by atoms with E-state index in [4.69, 9.17) is 0 Å². The summed E-state index contributed by atoms with van der Waals surface area (Å²) in [4.78, 5) is 34.3. The number of hydrogen-bond donors (Lipinski definition) is 0. The van der Waals surface area contributed by atoms with Crippen LogP contribution in [0.25, 0.3) is 0 Å². The largest absolute Gasteiger partial charge is 0.368 e. The summed E-state index contributed by atoms with van der Waals surface area (Å²) in [5.41, 5.74) is -0.120. The minimum Gasteiger partial charge on any atom is -0.368 e. The first kappa shape index (κ1) is 31.8. The summed E-state index contributed by atoms with van der Waals surface area (Å²) in [5.74, 6) is 0.255. The molecule has 0 bridgehead atoms. The molecule has 1 saturated heterocycles. The number of aromatic nitrogens is 4. The lowest BCUT2D eigenvalue weighted by atomic mass is 10.1. The molecule has 13 heteroatoms. The molecule has 1 aliphatic heterocycles. The maximum absolute atomic E-state index is 13.5. The second-order valence-corrected chi connectivity index (χ2v) is 12.5. The zero-order valence-corrected chi connectivity index (χ0v) is 26.3. The second-order valence-electron chi connectivity index (χ2n) is 10.8. The van der Waals surface area contributed by atoms with Crippen LogP contribution in [0.3, 0.4) is 0 Å². The molecule has 44 heavy (non-hydrogen) atoms. The van der Waals surface area contributed by atoms with E-state index in [-0.39, 0.29) is 22.8 Å². The molecule has 0 aliphatic carbocycles. The number of halogens is 3. The van der Waals surface area contributed by atoms with Gasteiger partial charge < -0.3 is 14.4 Å². The number of anilines is 1. The van der Waals surface area contributed by atoms with E-state index in [1.807, 2.05) is 28.9 Å². The molecule has 1 fully saturated rings. The van der Waals surface area contributed by atoms with Crippen molar-refractivity contribution in [2.24, 2.45) is 7.05 Å². The molecule has 0 saturated carbocycles. The van der Waals surface area contributed by atoms with Crippen LogP contribution < -0.4 is 10.5 Å². The van der Waals surface area contributed by atoms with E-state index < -0.39 is 5.66 Å². The first-order chi connectivity index (χ1) is 21.0. The van der Waals surface area contributed by atoms with Gasteiger partial charge in [-0.05, 0) is 41.8 Å². The maximum Gasteiger partial charge on any atom is 0.283 e. The molecule has 5 rings (SSSR count). The Labute approximate surface area is 260 Å². The molecular formula is C31H34F3N6O2PS. The van der Waals surface area contributed by atoms with Crippen LogP contribution >= 0.6 is 21.0 Å². The fraction of sp³-hybridized carbons (Fsp3) is 0.355. The van der Waals surface area contributed by atoms with Gasteiger partial charge >= 0.3 is 0 Å². The highest BCUT2D eigenvalue weighted by molar-refractivity contribution is 7.98. The summed E-state index contributed by atoms with van der Waals surface area (Å²) in [5, 5.41) is 4.72. The zero-order valence-electron chi connectivity index (χ0n) is 24.3. The zero-order chi connectivity index (χ0) is 31.3. The van der Waals surface area contributed by atoms with Crippen molar-refractivity contribution in [1.29, 1.82) is 0 Å². The predicted molar refractivity (Wildman–Crippen MR) is 169 cm³/mol. The van der Waals surface area contributed by atoms with Gasteiger partial charge in [0.25, 0.3) is 11.2 Å². The van der Waals surface area contributed by atoms with Crippen molar-refractivity contribution in [3.05, 3.63) is 106 Å². The van der Waals surface area contributed by atoms with Gasteiger partial charge in [0.1, 0.15) is 5.82 Å². The number of carbonyl (C=O) groups is 1. The lowest BCUT2D eigenvalue weighted by molar-refractivity contribution is -0.131. The predicted octanol–water partition coefficient (Wildman–Crippen LogP) is 5.05. The Morgan fingerprint density at radius 2 is 1.70 bits per heavy atom. The van der Waals surface area contributed by atoms with Gasteiger partial charge in [-0.3, -0.25) is 14.3 Å². The molecule has 2 aromatic carbocycles. The number of piperazine rings is 1. The molecule has 8 nitrogen and oxygen atoms in total. The van der Waals surface area contributed by atoms with Crippen LogP contribution in [-0.4, -0.2) is 56.3 Å². The summed E-state index contributed by atoms with van der Waals surface area (Å²) < 4.78 is 44.0. The summed E-state index contributed by atoms with van der Waals surface area (Å²) in [7, 11) is 3.37. The molecule has 0 N–H and O–H groups in total. The number of thioether (sulfide) groups is 1. The van der Waals surface area contributed by atoms with Gasteiger partial charge in [-0.1, -0.05) is 45.3 Å². The topological polar surface area (TPSA) is 76.3 Å². The monoisotopic (exact) mass is 642 g/mol. The summed E-state index contributed by atoms with van der Waals surface area (Å²) in [6, 6.07) is 12.5. The number of amides is 1. The molecule has 3 heterocycles. The number of benzene rings is 2. The van der Waals surface area contributed by atoms with E-state index >= 15 is 0 Å². The van der Waals surface area contributed by atoms with Crippen LogP contribution in [0.5, 0.6) is 0 Å². The lowest BCUT2D eigenvalue weighted by Gasteiger charge is -2.36. The van der Waals surface area contributed by atoms with Gasteiger partial charge in [-0.15, -0.1) is 0 Å². The van der Waals surface area contributed by atoms with Gasteiger partial charge in [-0.25, -0.2) is 4.39 Å². The van der Waals surface area contributed by atoms with Gasteiger partial charge in [-0.2, -0.15) is 18.9 Å². The van der Waals surface area contributed by atoms with Gasteiger partial charge in [0.05, 0.1) is 6.20 Å². The quantitative estimate of drug-likeness (QED) is 0.130. The normalized spacial score (nSPS) is 13.8. The Morgan fingerprint density at radius 3 is 2.34 bits per heavy atom. The van der Waals surface area contributed by atoms with Crippen molar-refractivity contribution in [1.82, 2.24) is 24.2 Å². The Bertz CT molecular complexity index is 1630. The second kappa shape index (κ2) is 14.0. The fourth-order valence-corrected chi connectivity index (χ4v) is 6.23. The molecule has 4 aromatic rings. The highest BCUT2D eigenvalue weighted by Gasteiger charge is 2.25. The number of hydrogen-bond acceptors (Lipinski definition) is 6. The molecule has 232 valence electrons. The lowest BCUT2D eigenvalue weighted by Crippen LogP contribution is -2.48. The Kier molecular flexibility index (Phi) is 10.1. The molecular weight excluding hydrogens is 608 g/mol. The van der Waals surface area contributed by atoms with E-state index in [0.717, 1.165) is 16.8 Å². The first-order valence-electron chi connectivity index (χ1n) is 14.3. The van der Waals surface area contributed by atoms with Crippen molar-refractivity contribution < 1.29 is 18.0 Å². The van der Waals surface area contributed by atoms with Gasteiger partial charge in [0.15, 0.2) is 5.16 Å². The third-order valence-electron chi connectivity index (χ3n) is 7.50. The van der Waals surface area contributed by atoms with Crippen molar-refractivity contribution >= 4 is 32.6 Å². The smallest absolute Gasteiger partial charge is 0.283 e. The van der Waals surface area contributed by atoms with Crippen molar-refractivity contribution in [3.63, 3.8) is 0 Å². The van der Waals surface area contributed by atoms with Crippen LogP contribution in [0.1, 0.15) is 35.1 Å². The molecule has 2 aromatic heterocycles. The molecule has 1 aliphatic rings. The SMILES string of the molecule is Cn1cc(Cc2cn(CCCC(=O)N3CCN(c4ccc(C(F)(F)P)cc4)CC3)c(SCc3ccc(F)cc3)nc2=O)cn1. The Hall–Kier alpha value is -3.63. The summed E-state index contributed by atoms with van der Waals surface area (Å²) in [6.45, 7) is 2.83. The molecule has 1 atom stereocenters. The van der Waals surface area contributed by atoms with Crippen LogP contribution in [0.2, 0.25) is 0 Å². The van der Waals surface area contributed by atoms with Crippen LogP contribution in [-0.2, 0) is 36.2 Å². The Morgan fingerprint density at radius 1 is 1.00 bits per heavy atom. The minimum atomic E-state index is -2.96. The van der Waals surface area contributed by atoms with E-state index in [9.17, 15) is 22.8 Å². The van der Waals surface area contributed by atoms with Crippen LogP contribution in [0.4, 0.5) is 18.9 Å². The van der Waals surface area contributed by atoms with Gasteiger partial charge in [0.2, 0.25) is 5.91 Å². The first-order valence-corrected chi connectivity index (χ1v) is 15.9. The number of rotatable bonds is 11. The molecule has 1 amide bonds. The number of aryl methyl sites for hydroxylation is 2. The third-order valence-corrected chi connectivity index (χ3v) is 8.90. The summed E-state index contributed by atoms with van der Waals surface area (Å²) in [6.07, 6.45) is 6.69. The van der Waals surface area contributed by atoms with Crippen molar-refractivity contribution in [2.45, 2.75) is 42.4 Å². The minimum absolute atomic E-state index is 0.0488. The van der Waals surface area contributed by atoms with E-state index in [0.29, 0.717) is 68.5 Å². The number of carbonyl (C=O) groups excluding carboxylic acids is 1. The van der Waals surface area contributed by atoms with E-state index in [1.54, 1.807) is 44.4 Å². The highest BCUT2D eigenvalue weighted by Crippen LogP contribution is 2.35.